The average Bonchev–Trinajstić information content (AvgIpc) is 2.52. The van der Waals surface area contributed by atoms with Gasteiger partial charge >= 0.3 is 0 Å². The predicted molar refractivity (Wildman–Crippen MR) is 85.8 cm³/mol. The summed E-state index contributed by atoms with van der Waals surface area (Å²) in [7, 11) is 0. The number of Topliss-reactive ketones (excluding diaryl/α,β-unsaturated/α-hetero) is 2. The Morgan fingerprint density at radius 2 is 1.45 bits per heavy atom. The summed E-state index contributed by atoms with van der Waals surface area (Å²) < 4.78 is 5.71. The third-order valence-corrected chi connectivity index (χ3v) is 3.59. The van der Waals surface area contributed by atoms with Gasteiger partial charge in [-0.15, -0.1) is 0 Å². The van der Waals surface area contributed by atoms with Gasteiger partial charge in [0.15, 0.2) is 0 Å². The second-order valence-corrected chi connectivity index (χ2v) is 5.40. The third kappa shape index (κ3) is 4.55. The normalized spacial score (nSPS) is 10.5. The number of carbonyl (C=O) groups is 2. The monoisotopic (exact) mass is 296 g/mol. The minimum Gasteiger partial charge on any atom is -0.489 e. The molecule has 0 amide bonds. The van der Waals surface area contributed by atoms with Gasteiger partial charge in [0.05, 0.1) is 5.92 Å². The van der Waals surface area contributed by atoms with Crippen LogP contribution in [-0.2, 0) is 22.6 Å². The third-order valence-electron chi connectivity index (χ3n) is 3.59. The van der Waals surface area contributed by atoms with Crippen molar-refractivity contribution in [2.45, 2.75) is 26.9 Å². The van der Waals surface area contributed by atoms with E-state index in [0.29, 0.717) is 13.0 Å². The maximum atomic E-state index is 11.5. The minimum absolute atomic E-state index is 0.0862. The molecular weight excluding hydrogens is 276 g/mol. The quantitative estimate of drug-likeness (QED) is 0.733. The van der Waals surface area contributed by atoms with Crippen LogP contribution < -0.4 is 4.74 Å². The van der Waals surface area contributed by atoms with Gasteiger partial charge in [-0.25, -0.2) is 0 Å². The lowest BCUT2D eigenvalue weighted by molar-refractivity contribution is -0.130. The Bertz CT molecular complexity index is 615. The topological polar surface area (TPSA) is 43.4 Å². The summed E-state index contributed by atoms with van der Waals surface area (Å²) in [5, 5.41) is 0. The number of carbonyl (C=O) groups excluding carboxylic acids is 2. The molecule has 2 aromatic rings. The average molecular weight is 296 g/mol. The molecule has 3 nitrogen and oxygen atoms in total. The Labute approximate surface area is 130 Å². The molecule has 0 aliphatic carbocycles. The lowest BCUT2D eigenvalue weighted by Crippen LogP contribution is -2.21. The van der Waals surface area contributed by atoms with Gasteiger partial charge in [-0.2, -0.15) is 0 Å². The second-order valence-electron chi connectivity index (χ2n) is 5.40. The van der Waals surface area contributed by atoms with Crippen molar-refractivity contribution >= 4 is 11.6 Å². The minimum atomic E-state index is -0.545. The molecule has 0 bridgehead atoms. The summed E-state index contributed by atoms with van der Waals surface area (Å²) in [6.07, 6.45) is 0.448. The first-order valence-corrected chi connectivity index (χ1v) is 7.33. The predicted octanol–water partition coefficient (Wildman–Crippen LogP) is 3.60. The number of ketones is 2. The summed E-state index contributed by atoms with van der Waals surface area (Å²) in [5.74, 6) is 0.0553. The highest BCUT2D eigenvalue weighted by atomic mass is 16.5. The van der Waals surface area contributed by atoms with Crippen LogP contribution in [0, 0.1) is 5.92 Å². The van der Waals surface area contributed by atoms with E-state index in [1.54, 1.807) is 0 Å². The van der Waals surface area contributed by atoms with Crippen LogP contribution in [0.5, 0.6) is 5.75 Å². The first-order chi connectivity index (χ1) is 10.6. The number of benzene rings is 2. The SMILES string of the molecule is CC(=O)C(Cc1ccc(OCc2ccccc2)cc1)C(C)=O. The molecule has 0 radical (unpaired) electrons. The summed E-state index contributed by atoms with van der Waals surface area (Å²) >= 11 is 0. The summed E-state index contributed by atoms with van der Waals surface area (Å²) in [4.78, 5) is 22.9. The molecule has 0 spiro atoms. The molecule has 0 aromatic heterocycles. The maximum Gasteiger partial charge on any atom is 0.140 e. The highest BCUT2D eigenvalue weighted by Gasteiger charge is 2.19. The first kappa shape index (κ1) is 16.0. The smallest absolute Gasteiger partial charge is 0.140 e. The zero-order chi connectivity index (χ0) is 15.9. The van der Waals surface area contributed by atoms with Crippen molar-refractivity contribution in [3.63, 3.8) is 0 Å². The second kappa shape index (κ2) is 7.55. The zero-order valence-electron chi connectivity index (χ0n) is 12.9. The van der Waals surface area contributed by atoms with Gasteiger partial charge in [0.1, 0.15) is 23.9 Å². The van der Waals surface area contributed by atoms with Gasteiger partial charge < -0.3 is 4.74 Å². The Morgan fingerprint density at radius 1 is 0.864 bits per heavy atom. The van der Waals surface area contributed by atoms with E-state index < -0.39 is 5.92 Å². The molecule has 0 N–H and O–H groups in total. The Kier molecular flexibility index (Phi) is 5.48. The molecule has 0 saturated heterocycles. The van der Waals surface area contributed by atoms with E-state index in [9.17, 15) is 9.59 Å². The van der Waals surface area contributed by atoms with Gasteiger partial charge in [0.25, 0.3) is 0 Å². The van der Waals surface area contributed by atoms with E-state index in [1.165, 1.54) is 13.8 Å². The molecule has 114 valence electrons. The van der Waals surface area contributed by atoms with Crippen LogP contribution in [0.3, 0.4) is 0 Å². The molecule has 0 heterocycles. The van der Waals surface area contributed by atoms with Crippen molar-refractivity contribution in [1.29, 1.82) is 0 Å². The standard InChI is InChI=1S/C19H20O3/c1-14(20)19(15(2)21)12-16-8-10-18(11-9-16)22-13-17-6-4-3-5-7-17/h3-11,19H,12-13H2,1-2H3. The fraction of sp³-hybridized carbons (Fsp3) is 0.263. The molecule has 0 fully saturated rings. The molecule has 22 heavy (non-hydrogen) atoms. The lowest BCUT2D eigenvalue weighted by atomic mass is 9.93. The highest BCUT2D eigenvalue weighted by molar-refractivity contribution is 6.00. The van der Waals surface area contributed by atoms with Crippen LogP contribution in [0.25, 0.3) is 0 Å². The molecule has 0 unspecified atom stereocenters. The highest BCUT2D eigenvalue weighted by Crippen LogP contribution is 2.17. The van der Waals surface area contributed by atoms with Gasteiger partial charge in [-0.05, 0) is 43.5 Å². The van der Waals surface area contributed by atoms with E-state index in [4.69, 9.17) is 4.74 Å². The molecule has 3 heteroatoms. The van der Waals surface area contributed by atoms with Gasteiger partial charge in [-0.1, -0.05) is 42.5 Å². The van der Waals surface area contributed by atoms with Crippen molar-refractivity contribution in [1.82, 2.24) is 0 Å². The van der Waals surface area contributed by atoms with Crippen LogP contribution in [0.1, 0.15) is 25.0 Å². The van der Waals surface area contributed by atoms with Crippen LogP contribution >= 0.6 is 0 Å². The Balaban J connectivity index is 1.95. The van der Waals surface area contributed by atoms with E-state index in [2.05, 4.69) is 0 Å². The lowest BCUT2D eigenvalue weighted by Gasteiger charge is -2.11. The molecule has 2 aromatic carbocycles. The van der Waals surface area contributed by atoms with Crippen LogP contribution in [-0.4, -0.2) is 11.6 Å². The van der Waals surface area contributed by atoms with Crippen molar-refractivity contribution in [2.75, 3.05) is 0 Å². The fourth-order valence-electron chi connectivity index (χ4n) is 2.27. The molecule has 0 aliphatic rings. The molecule has 0 saturated carbocycles. The summed E-state index contributed by atoms with van der Waals surface area (Å²) in [5.41, 5.74) is 2.07. The van der Waals surface area contributed by atoms with Crippen molar-refractivity contribution in [2.24, 2.45) is 5.92 Å². The summed E-state index contributed by atoms with van der Waals surface area (Å²) in [6.45, 7) is 3.44. The number of ether oxygens (including phenoxy) is 1. The zero-order valence-corrected chi connectivity index (χ0v) is 12.9. The van der Waals surface area contributed by atoms with Crippen molar-refractivity contribution < 1.29 is 14.3 Å². The molecule has 0 aliphatic heterocycles. The largest absolute Gasteiger partial charge is 0.489 e. The van der Waals surface area contributed by atoms with E-state index in [0.717, 1.165) is 16.9 Å². The van der Waals surface area contributed by atoms with Crippen LogP contribution in [0.2, 0.25) is 0 Å². The van der Waals surface area contributed by atoms with E-state index in [1.807, 2.05) is 54.6 Å². The van der Waals surface area contributed by atoms with Crippen LogP contribution in [0.15, 0.2) is 54.6 Å². The van der Waals surface area contributed by atoms with Crippen LogP contribution in [0.4, 0.5) is 0 Å². The van der Waals surface area contributed by atoms with Crippen molar-refractivity contribution in [3.8, 4) is 5.75 Å². The Hall–Kier alpha value is -2.42. The summed E-state index contributed by atoms with van der Waals surface area (Å²) in [6, 6.07) is 17.5. The molecule has 0 atom stereocenters. The molecule has 2 rings (SSSR count). The van der Waals surface area contributed by atoms with Gasteiger partial charge in [-0.3, -0.25) is 9.59 Å². The first-order valence-electron chi connectivity index (χ1n) is 7.33. The fourth-order valence-corrected chi connectivity index (χ4v) is 2.27. The van der Waals surface area contributed by atoms with Gasteiger partial charge in [0.2, 0.25) is 0 Å². The maximum absolute atomic E-state index is 11.5. The molecular formula is C19H20O3. The Morgan fingerprint density at radius 3 is 2.00 bits per heavy atom. The number of hydrogen-bond donors (Lipinski definition) is 0. The number of hydrogen-bond acceptors (Lipinski definition) is 3. The number of rotatable bonds is 7. The van der Waals surface area contributed by atoms with E-state index in [-0.39, 0.29) is 11.6 Å². The van der Waals surface area contributed by atoms with Crippen molar-refractivity contribution in [3.05, 3.63) is 65.7 Å². The van der Waals surface area contributed by atoms with Gasteiger partial charge in [0, 0.05) is 0 Å². The van der Waals surface area contributed by atoms with E-state index >= 15 is 0 Å².